The van der Waals surface area contributed by atoms with Crippen molar-refractivity contribution in [3.63, 3.8) is 0 Å². The molecule has 1 fully saturated rings. The highest BCUT2D eigenvalue weighted by Crippen LogP contribution is 2.24. The number of carboxylic acid groups (broad SMARTS) is 1. The lowest BCUT2D eigenvalue weighted by atomic mass is 9.87. The van der Waals surface area contributed by atoms with E-state index in [1.807, 2.05) is 0 Å². The van der Waals surface area contributed by atoms with Crippen LogP contribution in [0.4, 0.5) is 0 Å². The third-order valence-electron chi connectivity index (χ3n) is 4.38. The molecule has 1 N–H and O–H groups in total. The van der Waals surface area contributed by atoms with Gasteiger partial charge < -0.3 is 14.7 Å². The van der Waals surface area contributed by atoms with Gasteiger partial charge in [0.05, 0.1) is 11.5 Å². The number of rotatable bonds is 7. The minimum absolute atomic E-state index is 0.351. The van der Waals surface area contributed by atoms with Crippen molar-refractivity contribution in [2.75, 3.05) is 26.7 Å². The zero-order valence-electron chi connectivity index (χ0n) is 12.8. The fourth-order valence-electron chi connectivity index (χ4n) is 2.62. The highest BCUT2D eigenvalue weighted by molar-refractivity contribution is 5.73. The molecule has 19 heavy (non-hydrogen) atoms. The van der Waals surface area contributed by atoms with Crippen LogP contribution in [0, 0.1) is 11.3 Å². The number of carboxylic acids is 1. The number of hydrogen-bond acceptors (Lipinski definition) is 3. The summed E-state index contributed by atoms with van der Waals surface area (Å²) in [4.78, 5) is 13.5. The maximum atomic E-state index is 11.0. The first-order valence-electron chi connectivity index (χ1n) is 7.35. The third-order valence-corrected chi connectivity index (χ3v) is 4.38. The number of nitrogens with zero attached hydrogens (tertiary/aromatic N) is 1. The molecule has 0 saturated carbocycles. The lowest BCUT2D eigenvalue weighted by Crippen LogP contribution is -2.44. The Labute approximate surface area is 117 Å². The molecular weight excluding hydrogens is 242 g/mol. The van der Waals surface area contributed by atoms with Crippen LogP contribution in [0.2, 0.25) is 0 Å². The maximum absolute atomic E-state index is 11.0. The van der Waals surface area contributed by atoms with Crippen LogP contribution in [0.3, 0.4) is 0 Å². The van der Waals surface area contributed by atoms with Crippen molar-refractivity contribution in [2.45, 2.75) is 52.6 Å². The summed E-state index contributed by atoms with van der Waals surface area (Å²) in [5, 5.41) is 9.06. The zero-order chi connectivity index (χ0) is 14.5. The highest BCUT2D eigenvalue weighted by atomic mass is 16.5. The van der Waals surface area contributed by atoms with Crippen LogP contribution in [-0.2, 0) is 9.53 Å². The second-order valence-electron chi connectivity index (χ2n) is 6.49. The summed E-state index contributed by atoms with van der Waals surface area (Å²) in [6.07, 6.45) is 4.34. The molecule has 0 aliphatic carbocycles. The number of ether oxygens (including phenoxy) is 1. The fraction of sp³-hybridized carbons (Fsp3) is 0.933. The van der Waals surface area contributed by atoms with Gasteiger partial charge in [-0.25, -0.2) is 0 Å². The van der Waals surface area contributed by atoms with Gasteiger partial charge in [-0.2, -0.15) is 0 Å². The van der Waals surface area contributed by atoms with Crippen molar-refractivity contribution in [3.05, 3.63) is 0 Å². The Morgan fingerprint density at radius 2 is 2.11 bits per heavy atom. The van der Waals surface area contributed by atoms with E-state index in [0.717, 1.165) is 38.9 Å². The molecule has 1 heterocycles. The predicted molar refractivity (Wildman–Crippen MR) is 76.3 cm³/mol. The van der Waals surface area contributed by atoms with Gasteiger partial charge in [-0.1, -0.05) is 13.3 Å². The minimum Gasteiger partial charge on any atom is -0.481 e. The number of carbonyl (C=O) groups is 1. The van der Waals surface area contributed by atoms with Gasteiger partial charge in [0, 0.05) is 13.7 Å². The van der Waals surface area contributed by atoms with E-state index >= 15 is 0 Å². The van der Waals surface area contributed by atoms with Gasteiger partial charge in [-0.15, -0.1) is 0 Å². The fourth-order valence-corrected chi connectivity index (χ4v) is 2.62. The summed E-state index contributed by atoms with van der Waals surface area (Å²) < 4.78 is 5.51. The first kappa shape index (κ1) is 16.4. The average molecular weight is 271 g/mol. The van der Waals surface area contributed by atoms with E-state index in [1.54, 1.807) is 21.0 Å². The van der Waals surface area contributed by atoms with Crippen LogP contribution in [0.1, 0.15) is 46.5 Å². The number of piperidine rings is 1. The van der Waals surface area contributed by atoms with Gasteiger partial charge in [0.25, 0.3) is 0 Å². The van der Waals surface area contributed by atoms with Crippen molar-refractivity contribution in [2.24, 2.45) is 11.3 Å². The smallest absolute Gasteiger partial charge is 0.309 e. The van der Waals surface area contributed by atoms with Gasteiger partial charge in [0.15, 0.2) is 0 Å². The molecule has 1 aliphatic heterocycles. The maximum Gasteiger partial charge on any atom is 0.309 e. The normalized spacial score (nSPS) is 25.5. The topological polar surface area (TPSA) is 49.8 Å². The number of aliphatic carboxylic acids is 1. The lowest BCUT2D eigenvalue weighted by Gasteiger charge is -2.36. The summed E-state index contributed by atoms with van der Waals surface area (Å²) in [6.45, 7) is 9.07. The molecule has 0 amide bonds. The molecule has 1 saturated heterocycles. The number of unbranched alkanes of at least 4 members (excludes halogenated alkanes) is 1. The molecule has 0 bridgehead atoms. The van der Waals surface area contributed by atoms with Crippen LogP contribution in [-0.4, -0.2) is 48.8 Å². The predicted octanol–water partition coefficient (Wildman–Crippen LogP) is 2.62. The van der Waals surface area contributed by atoms with Crippen molar-refractivity contribution in [1.82, 2.24) is 4.90 Å². The van der Waals surface area contributed by atoms with E-state index < -0.39 is 11.4 Å². The number of methoxy groups -OCH3 is 1. The number of likely N-dealkylation sites (tertiary alicyclic amines) is 1. The second kappa shape index (κ2) is 7.25. The van der Waals surface area contributed by atoms with Crippen LogP contribution in [0.25, 0.3) is 0 Å². The van der Waals surface area contributed by atoms with Crippen LogP contribution in [0.5, 0.6) is 0 Å². The van der Waals surface area contributed by atoms with Gasteiger partial charge in [0.2, 0.25) is 0 Å². The Morgan fingerprint density at radius 1 is 1.42 bits per heavy atom. The SMILES string of the molecule is COC1CN(CCCCC(C)(C)C(=O)O)CCC1C. The van der Waals surface area contributed by atoms with Crippen LogP contribution < -0.4 is 0 Å². The molecule has 2 unspecified atom stereocenters. The Balaban J connectivity index is 2.21. The molecule has 112 valence electrons. The van der Waals surface area contributed by atoms with E-state index in [9.17, 15) is 4.79 Å². The molecule has 0 radical (unpaired) electrons. The molecule has 1 aliphatic rings. The van der Waals surface area contributed by atoms with Gasteiger partial charge >= 0.3 is 5.97 Å². The Morgan fingerprint density at radius 3 is 2.68 bits per heavy atom. The molecule has 0 aromatic heterocycles. The zero-order valence-corrected chi connectivity index (χ0v) is 12.8. The molecular formula is C15H29NO3. The molecule has 4 heteroatoms. The van der Waals surface area contributed by atoms with Gasteiger partial charge in [-0.05, 0) is 52.1 Å². The van der Waals surface area contributed by atoms with Crippen molar-refractivity contribution in [1.29, 1.82) is 0 Å². The van der Waals surface area contributed by atoms with E-state index in [-0.39, 0.29) is 0 Å². The van der Waals surface area contributed by atoms with Crippen LogP contribution in [0.15, 0.2) is 0 Å². The quantitative estimate of drug-likeness (QED) is 0.723. The molecule has 0 aromatic carbocycles. The molecule has 2 atom stereocenters. The van der Waals surface area contributed by atoms with E-state index in [0.29, 0.717) is 12.0 Å². The Kier molecular flexibility index (Phi) is 6.27. The van der Waals surface area contributed by atoms with E-state index in [4.69, 9.17) is 9.84 Å². The first-order valence-corrected chi connectivity index (χ1v) is 7.35. The molecule has 4 nitrogen and oxygen atoms in total. The van der Waals surface area contributed by atoms with Crippen molar-refractivity contribution in [3.8, 4) is 0 Å². The van der Waals surface area contributed by atoms with Crippen molar-refractivity contribution >= 4 is 5.97 Å². The lowest BCUT2D eigenvalue weighted by molar-refractivity contribution is -0.147. The summed E-state index contributed by atoms with van der Waals surface area (Å²) in [5.41, 5.74) is -0.592. The second-order valence-corrected chi connectivity index (χ2v) is 6.49. The molecule has 0 spiro atoms. The highest BCUT2D eigenvalue weighted by Gasteiger charge is 2.27. The summed E-state index contributed by atoms with van der Waals surface area (Å²) >= 11 is 0. The third kappa shape index (κ3) is 5.11. The Hall–Kier alpha value is -0.610. The van der Waals surface area contributed by atoms with E-state index in [2.05, 4.69) is 11.8 Å². The van der Waals surface area contributed by atoms with Crippen molar-refractivity contribution < 1.29 is 14.6 Å². The van der Waals surface area contributed by atoms with Crippen LogP contribution >= 0.6 is 0 Å². The largest absolute Gasteiger partial charge is 0.481 e. The first-order chi connectivity index (χ1) is 8.86. The molecule has 1 rings (SSSR count). The number of hydrogen-bond donors (Lipinski definition) is 1. The molecule has 0 aromatic rings. The standard InChI is InChI=1S/C15H29NO3/c1-12-7-10-16(11-13(12)19-4)9-6-5-8-15(2,3)14(17)18/h12-13H,5-11H2,1-4H3,(H,17,18). The van der Waals surface area contributed by atoms with Gasteiger partial charge in [-0.3, -0.25) is 4.79 Å². The average Bonchev–Trinajstić information content (AvgIpc) is 2.36. The Bertz CT molecular complexity index is 291. The monoisotopic (exact) mass is 271 g/mol. The van der Waals surface area contributed by atoms with Gasteiger partial charge in [0.1, 0.15) is 0 Å². The summed E-state index contributed by atoms with van der Waals surface area (Å²) in [6, 6.07) is 0. The minimum atomic E-state index is -0.696. The van der Waals surface area contributed by atoms with E-state index in [1.165, 1.54) is 6.42 Å². The summed E-state index contributed by atoms with van der Waals surface area (Å²) in [5.74, 6) is -0.0501. The summed E-state index contributed by atoms with van der Waals surface area (Å²) in [7, 11) is 1.79.